The summed E-state index contributed by atoms with van der Waals surface area (Å²) in [6.07, 6.45) is -2.86. The molecular formula is C16H26O7S2. The van der Waals surface area contributed by atoms with Crippen LogP contribution in [0.2, 0.25) is 0 Å². The van der Waals surface area contributed by atoms with Crippen molar-refractivity contribution in [3.8, 4) is 0 Å². The van der Waals surface area contributed by atoms with Crippen LogP contribution in [-0.4, -0.2) is 65.0 Å². The Morgan fingerprint density at radius 2 is 1.56 bits per heavy atom. The smallest absolute Gasteiger partial charge is 0.303 e. The standard InChI is InChI=1S/C16H26O7S2/c1-6-24-16(25-7-2)15(23-11(5)19)14-13(22-10(4)18)12(8-20-14)21-9(3)17/h12-16H,6-8H2,1-5H3/t12-,13+,14+,15-/m1/s1. The van der Waals surface area contributed by atoms with E-state index in [1.165, 1.54) is 20.8 Å². The van der Waals surface area contributed by atoms with E-state index in [0.29, 0.717) is 0 Å². The molecule has 0 aromatic carbocycles. The number of rotatable bonds is 9. The van der Waals surface area contributed by atoms with E-state index in [0.717, 1.165) is 11.5 Å². The van der Waals surface area contributed by atoms with E-state index in [4.69, 9.17) is 18.9 Å². The van der Waals surface area contributed by atoms with Gasteiger partial charge in [-0.2, -0.15) is 0 Å². The third-order valence-corrected chi connectivity index (χ3v) is 6.00. The van der Waals surface area contributed by atoms with Gasteiger partial charge in [-0.05, 0) is 11.5 Å². The van der Waals surface area contributed by atoms with Gasteiger partial charge in [-0.25, -0.2) is 0 Å². The van der Waals surface area contributed by atoms with Gasteiger partial charge in [0.2, 0.25) is 0 Å². The molecule has 9 heteroatoms. The van der Waals surface area contributed by atoms with Crippen LogP contribution in [0.25, 0.3) is 0 Å². The normalized spacial score (nSPS) is 24.0. The number of hydrogen-bond donors (Lipinski definition) is 0. The Kier molecular flexibility index (Phi) is 9.66. The number of esters is 3. The number of thioether (sulfide) groups is 2. The van der Waals surface area contributed by atoms with Gasteiger partial charge >= 0.3 is 17.9 Å². The minimum Gasteiger partial charge on any atom is -0.458 e. The van der Waals surface area contributed by atoms with E-state index in [1.54, 1.807) is 23.5 Å². The van der Waals surface area contributed by atoms with E-state index in [1.807, 2.05) is 13.8 Å². The predicted molar refractivity (Wildman–Crippen MR) is 96.5 cm³/mol. The van der Waals surface area contributed by atoms with Gasteiger partial charge in [0.15, 0.2) is 18.3 Å². The lowest BCUT2D eigenvalue weighted by molar-refractivity contribution is -0.169. The molecular weight excluding hydrogens is 368 g/mol. The first-order valence-electron chi connectivity index (χ1n) is 8.16. The summed E-state index contributed by atoms with van der Waals surface area (Å²) in [6, 6.07) is 0. The van der Waals surface area contributed by atoms with Gasteiger partial charge in [-0.3, -0.25) is 14.4 Å². The van der Waals surface area contributed by atoms with Gasteiger partial charge in [-0.15, -0.1) is 23.5 Å². The summed E-state index contributed by atoms with van der Waals surface area (Å²) in [5.74, 6) is 0.214. The molecule has 4 atom stereocenters. The highest BCUT2D eigenvalue weighted by atomic mass is 32.2. The summed E-state index contributed by atoms with van der Waals surface area (Å²) in [5, 5.41) is 0. The summed E-state index contributed by atoms with van der Waals surface area (Å²) in [4.78, 5) is 34.4. The predicted octanol–water partition coefficient (Wildman–Crippen LogP) is 2.01. The molecule has 0 bridgehead atoms. The number of carbonyl (C=O) groups excluding carboxylic acids is 3. The number of ether oxygens (including phenoxy) is 4. The Bertz CT molecular complexity index is 465. The molecule has 0 aromatic heterocycles. The largest absolute Gasteiger partial charge is 0.458 e. The molecule has 1 saturated heterocycles. The molecule has 0 unspecified atom stereocenters. The van der Waals surface area contributed by atoms with Crippen molar-refractivity contribution >= 4 is 41.4 Å². The van der Waals surface area contributed by atoms with E-state index in [9.17, 15) is 14.4 Å². The van der Waals surface area contributed by atoms with Crippen LogP contribution < -0.4 is 0 Å². The fraction of sp³-hybridized carbons (Fsp3) is 0.812. The summed E-state index contributed by atoms with van der Waals surface area (Å²) in [5.41, 5.74) is 0. The van der Waals surface area contributed by atoms with E-state index in [-0.39, 0.29) is 11.2 Å². The van der Waals surface area contributed by atoms with Gasteiger partial charge in [-0.1, -0.05) is 13.8 Å². The Hall–Kier alpha value is -0.930. The first-order chi connectivity index (χ1) is 11.8. The van der Waals surface area contributed by atoms with E-state index < -0.39 is 42.3 Å². The second-order valence-electron chi connectivity index (χ2n) is 5.37. The highest BCUT2D eigenvalue weighted by Crippen LogP contribution is 2.35. The second kappa shape index (κ2) is 10.9. The first kappa shape index (κ1) is 22.1. The third-order valence-electron chi connectivity index (χ3n) is 3.32. The minimum absolute atomic E-state index is 0.0836. The molecule has 0 spiro atoms. The topological polar surface area (TPSA) is 88.1 Å². The molecule has 0 saturated carbocycles. The van der Waals surface area contributed by atoms with Crippen molar-refractivity contribution in [1.29, 1.82) is 0 Å². The molecule has 1 heterocycles. The van der Waals surface area contributed by atoms with Crippen molar-refractivity contribution in [2.75, 3.05) is 18.1 Å². The van der Waals surface area contributed by atoms with Crippen molar-refractivity contribution < 1.29 is 33.3 Å². The number of hydrogen-bond acceptors (Lipinski definition) is 9. The number of carbonyl (C=O) groups is 3. The molecule has 1 rings (SSSR count). The lowest BCUT2D eigenvalue weighted by Gasteiger charge is -2.32. The maximum atomic E-state index is 11.6. The highest BCUT2D eigenvalue weighted by molar-refractivity contribution is 8.17. The molecule has 1 fully saturated rings. The quantitative estimate of drug-likeness (QED) is 0.331. The maximum absolute atomic E-state index is 11.6. The fourth-order valence-electron chi connectivity index (χ4n) is 2.57. The van der Waals surface area contributed by atoms with Gasteiger partial charge in [0, 0.05) is 20.8 Å². The molecule has 0 aromatic rings. The molecule has 0 amide bonds. The molecule has 144 valence electrons. The van der Waals surface area contributed by atoms with Crippen LogP contribution in [0.15, 0.2) is 0 Å². The van der Waals surface area contributed by atoms with Crippen LogP contribution >= 0.6 is 23.5 Å². The monoisotopic (exact) mass is 394 g/mol. The summed E-state index contributed by atoms with van der Waals surface area (Å²) >= 11 is 3.26. The average molecular weight is 395 g/mol. The molecule has 1 aliphatic heterocycles. The van der Waals surface area contributed by atoms with E-state index >= 15 is 0 Å². The Labute approximate surface area is 156 Å². The van der Waals surface area contributed by atoms with Crippen LogP contribution in [0.4, 0.5) is 0 Å². The van der Waals surface area contributed by atoms with Crippen LogP contribution in [0.1, 0.15) is 34.6 Å². The van der Waals surface area contributed by atoms with Crippen LogP contribution in [0.5, 0.6) is 0 Å². The highest BCUT2D eigenvalue weighted by Gasteiger charge is 2.49. The fourth-order valence-corrected chi connectivity index (χ4v) is 5.23. The van der Waals surface area contributed by atoms with E-state index in [2.05, 4.69) is 0 Å². The minimum atomic E-state index is -0.817. The summed E-state index contributed by atoms with van der Waals surface area (Å²) in [6.45, 7) is 8.00. The van der Waals surface area contributed by atoms with Crippen molar-refractivity contribution in [2.24, 2.45) is 0 Å². The second-order valence-corrected chi connectivity index (χ2v) is 8.51. The average Bonchev–Trinajstić information content (AvgIpc) is 2.86. The Balaban J connectivity index is 3.08. The zero-order chi connectivity index (χ0) is 19.0. The molecule has 1 aliphatic rings. The maximum Gasteiger partial charge on any atom is 0.303 e. The molecule has 25 heavy (non-hydrogen) atoms. The van der Waals surface area contributed by atoms with Crippen molar-refractivity contribution in [3.63, 3.8) is 0 Å². The lowest BCUT2D eigenvalue weighted by Crippen LogP contribution is -2.48. The van der Waals surface area contributed by atoms with Gasteiger partial charge in [0.1, 0.15) is 6.10 Å². The van der Waals surface area contributed by atoms with Crippen LogP contribution in [0.3, 0.4) is 0 Å². The van der Waals surface area contributed by atoms with Crippen molar-refractivity contribution in [2.45, 2.75) is 63.6 Å². The van der Waals surface area contributed by atoms with Crippen LogP contribution in [0, 0.1) is 0 Å². The SMILES string of the molecule is CCSC(SCC)[C@H](OC(C)=O)[C@H]1OC[C@@H](OC(C)=O)[C@@H]1OC(C)=O. The zero-order valence-electron chi connectivity index (χ0n) is 15.2. The first-order valence-corrected chi connectivity index (χ1v) is 10.3. The zero-order valence-corrected chi connectivity index (χ0v) is 16.8. The molecule has 0 radical (unpaired) electrons. The lowest BCUT2D eigenvalue weighted by atomic mass is 10.1. The van der Waals surface area contributed by atoms with Crippen molar-refractivity contribution in [3.05, 3.63) is 0 Å². The molecule has 7 nitrogen and oxygen atoms in total. The Morgan fingerprint density at radius 3 is 2.00 bits per heavy atom. The van der Waals surface area contributed by atoms with Crippen molar-refractivity contribution in [1.82, 2.24) is 0 Å². The van der Waals surface area contributed by atoms with Gasteiger partial charge < -0.3 is 18.9 Å². The summed E-state index contributed by atoms with van der Waals surface area (Å²) < 4.78 is 21.8. The third kappa shape index (κ3) is 7.07. The summed E-state index contributed by atoms with van der Waals surface area (Å²) in [7, 11) is 0. The molecule has 0 aliphatic carbocycles. The van der Waals surface area contributed by atoms with Crippen LogP contribution in [-0.2, 0) is 33.3 Å². The van der Waals surface area contributed by atoms with Gasteiger partial charge in [0.25, 0.3) is 0 Å². The molecule has 0 N–H and O–H groups in total. The van der Waals surface area contributed by atoms with Gasteiger partial charge in [0.05, 0.1) is 11.2 Å². The Morgan fingerprint density at radius 1 is 1.00 bits per heavy atom.